The molecule has 0 spiro atoms. The third kappa shape index (κ3) is 3.99. The van der Waals surface area contributed by atoms with Crippen LogP contribution in [0.4, 0.5) is 4.79 Å². The first kappa shape index (κ1) is 17.7. The van der Waals surface area contributed by atoms with Crippen LogP contribution in [0.1, 0.15) is 45.4 Å². The largest absolute Gasteiger partial charge is 0.481 e. The van der Waals surface area contributed by atoms with Crippen molar-refractivity contribution in [3.8, 4) is 0 Å². The van der Waals surface area contributed by atoms with Gasteiger partial charge in [-0.1, -0.05) is 25.3 Å². The molecule has 2 amide bonds. The fraction of sp³-hybridized carbons (Fsp3) is 0.529. The molecule has 0 fully saturated rings. The SMILES string of the molecule is CC/C(=C\C(=NC)OC)C1=C(NC(=O)NS)C2=C(CCC2)CC1. The first-order valence-corrected chi connectivity index (χ1v) is 8.46. The van der Waals surface area contributed by atoms with Crippen LogP contribution in [0.25, 0.3) is 0 Å². The van der Waals surface area contributed by atoms with Crippen LogP contribution in [-0.4, -0.2) is 26.1 Å². The highest BCUT2D eigenvalue weighted by Crippen LogP contribution is 2.41. The van der Waals surface area contributed by atoms with Gasteiger partial charge in [-0.25, -0.2) is 4.79 Å². The third-order valence-electron chi connectivity index (χ3n) is 4.45. The van der Waals surface area contributed by atoms with Crippen molar-refractivity contribution in [2.24, 2.45) is 4.99 Å². The van der Waals surface area contributed by atoms with E-state index < -0.39 is 0 Å². The lowest BCUT2D eigenvalue weighted by molar-refractivity contribution is 0.249. The maximum atomic E-state index is 11.8. The van der Waals surface area contributed by atoms with Crippen LogP contribution in [-0.2, 0) is 4.74 Å². The van der Waals surface area contributed by atoms with Gasteiger partial charge in [0, 0.05) is 18.8 Å². The molecule has 0 radical (unpaired) electrons. The van der Waals surface area contributed by atoms with Crippen LogP contribution in [0.3, 0.4) is 0 Å². The van der Waals surface area contributed by atoms with E-state index in [4.69, 9.17) is 4.74 Å². The Kier molecular flexibility index (Phi) is 6.33. The summed E-state index contributed by atoms with van der Waals surface area (Å²) in [5.41, 5.74) is 6.07. The van der Waals surface area contributed by atoms with Crippen LogP contribution in [0, 0.1) is 0 Å². The topological polar surface area (TPSA) is 62.7 Å². The fourth-order valence-corrected chi connectivity index (χ4v) is 3.40. The van der Waals surface area contributed by atoms with Crippen molar-refractivity contribution < 1.29 is 9.53 Å². The number of allylic oxidation sites excluding steroid dienone is 4. The Hall–Kier alpha value is -1.69. The van der Waals surface area contributed by atoms with Crippen molar-refractivity contribution in [1.82, 2.24) is 10.0 Å². The average molecular weight is 335 g/mol. The number of hydrogen-bond donors (Lipinski definition) is 3. The number of hydrogen-bond acceptors (Lipinski definition) is 4. The summed E-state index contributed by atoms with van der Waals surface area (Å²) >= 11 is 3.85. The van der Waals surface area contributed by atoms with E-state index in [2.05, 4.69) is 34.8 Å². The number of aliphatic imine (C=N–C) groups is 1. The second kappa shape index (κ2) is 8.24. The van der Waals surface area contributed by atoms with E-state index >= 15 is 0 Å². The fourth-order valence-electron chi connectivity index (χ4n) is 3.35. The molecule has 0 aromatic heterocycles. The summed E-state index contributed by atoms with van der Waals surface area (Å²) in [6.45, 7) is 2.11. The Labute approximate surface area is 143 Å². The van der Waals surface area contributed by atoms with Crippen molar-refractivity contribution in [2.45, 2.75) is 45.4 Å². The molecule has 0 aromatic carbocycles. The number of carbonyl (C=O) groups is 1. The van der Waals surface area contributed by atoms with Crippen molar-refractivity contribution in [3.63, 3.8) is 0 Å². The van der Waals surface area contributed by atoms with E-state index in [1.807, 2.05) is 6.08 Å². The highest BCUT2D eigenvalue weighted by atomic mass is 32.1. The molecule has 0 saturated carbocycles. The minimum atomic E-state index is -0.298. The minimum Gasteiger partial charge on any atom is -0.481 e. The Morgan fingerprint density at radius 3 is 2.74 bits per heavy atom. The average Bonchev–Trinajstić information content (AvgIpc) is 3.06. The molecule has 2 N–H and O–H groups in total. The van der Waals surface area contributed by atoms with E-state index in [1.54, 1.807) is 14.2 Å². The standard InChI is InChI=1S/C17H25N3O2S/c1-4-11(10-15(18-2)22-3)14-9-8-12-6-5-7-13(12)16(14)19-17(21)20-23/h10,23H,4-9H2,1-3H3,(H2,19,20,21)/b11-10+,18-15?. The smallest absolute Gasteiger partial charge is 0.329 e. The van der Waals surface area contributed by atoms with Gasteiger partial charge in [0.15, 0.2) is 0 Å². The Morgan fingerprint density at radius 1 is 1.35 bits per heavy atom. The van der Waals surface area contributed by atoms with E-state index in [0.717, 1.165) is 49.8 Å². The molecule has 2 aliphatic carbocycles. The van der Waals surface area contributed by atoms with Gasteiger partial charge < -0.3 is 10.1 Å². The zero-order valence-electron chi connectivity index (χ0n) is 14.0. The maximum absolute atomic E-state index is 11.8. The normalized spacial score (nSPS) is 19.0. The van der Waals surface area contributed by atoms with Gasteiger partial charge in [0.1, 0.15) is 0 Å². The van der Waals surface area contributed by atoms with Crippen LogP contribution in [0.2, 0.25) is 0 Å². The minimum absolute atomic E-state index is 0.298. The molecule has 2 aliphatic rings. The molecule has 2 rings (SSSR count). The van der Waals surface area contributed by atoms with Gasteiger partial charge in [0.2, 0.25) is 5.90 Å². The van der Waals surface area contributed by atoms with Crippen molar-refractivity contribution in [3.05, 3.63) is 34.1 Å². The van der Waals surface area contributed by atoms with Gasteiger partial charge in [-0.2, -0.15) is 0 Å². The summed E-state index contributed by atoms with van der Waals surface area (Å²) in [5.74, 6) is 0.596. The molecule has 0 aromatic rings. The Balaban J connectivity index is 2.48. The number of nitrogens with zero attached hydrogens (tertiary/aromatic N) is 1. The van der Waals surface area contributed by atoms with Crippen molar-refractivity contribution >= 4 is 24.7 Å². The molecule has 23 heavy (non-hydrogen) atoms. The van der Waals surface area contributed by atoms with Gasteiger partial charge in [-0.15, -0.1) is 0 Å². The number of ether oxygens (including phenoxy) is 1. The van der Waals surface area contributed by atoms with E-state index in [1.165, 1.54) is 16.7 Å². The lowest BCUT2D eigenvalue weighted by Crippen LogP contribution is -2.32. The number of thiol groups is 1. The highest BCUT2D eigenvalue weighted by molar-refractivity contribution is 7.78. The van der Waals surface area contributed by atoms with Crippen molar-refractivity contribution in [1.29, 1.82) is 0 Å². The predicted octanol–water partition coefficient (Wildman–Crippen LogP) is 3.67. The molecular formula is C17H25N3O2S. The highest BCUT2D eigenvalue weighted by Gasteiger charge is 2.27. The molecule has 6 heteroatoms. The number of nitrogens with one attached hydrogen (secondary N) is 2. The number of urea groups is 1. The first-order chi connectivity index (χ1) is 11.1. The second-order valence-electron chi connectivity index (χ2n) is 5.64. The molecule has 0 unspecified atom stereocenters. The van der Waals surface area contributed by atoms with Gasteiger partial charge in [0.05, 0.1) is 7.11 Å². The number of carbonyl (C=O) groups excluding carboxylic acids is 1. The lowest BCUT2D eigenvalue weighted by Gasteiger charge is -2.25. The molecule has 0 atom stereocenters. The Morgan fingerprint density at radius 2 is 2.13 bits per heavy atom. The molecule has 0 bridgehead atoms. The summed E-state index contributed by atoms with van der Waals surface area (Å²) in [5, 5.41) is 2.99. The van der Waals surface area contributed by atoms with Gasteiger partial charge in [-0.05, 0) is 55.2 Å². The molecule has 0 saturated heterocycles. The summed E-state index contributed by atoms with van der Waals surface area (Å²) in [6, 6.07) is -0.298. The maximum Gasteiger partial charge on any atom is 0.329 e. The Bertz CT molecular complexity index is 603. The van der Waals surface area contributed by atoms with Crippen LogP contribution < -0.4 is 10.0 Å². The lowest BCUT2D eigenvalue weighted by atomic mass is 9.86. The summed E-state index contributed by atoms with van der Waals surface area (Å²) in [4.78, 5) is 16.0. The van der Waals surface area contributed by atoms with Gasteiger partial charge in [0.25, 0.3) is 0 Å². The number of methoxy groups -OCH3 is 1. The summed E-state index contributed by atoms with van der Waals surface area (Å²) in [7, 11) is 3.33. The monoisotopic (exact) mass is 335 g/mol. The second-order valence-corrected chi connectivity index (χ2v) is 5.87. The zero-order valence-corrected chi connectivity index (χ0v) is 14.9. The predicted molar refractivity (Wildman–Crippen MR) is 96.5 cm³/mol. The number of rotatable bonds is 4. The molecular weight excluding hydrogens is 310 g/mol. The van der Waals surface area contributed by atoms with E-state index in [-0.39, 0.29) is 6.03 Å². The van der Waals surface area contributed by atoms with E-state index in [9.17, 15) is 4.79 Å². The molecule has 126 valence electrons. The molecule has 0 aliphatic heterocycles. The third-order valence-corrected chi connectivity index (χ3v) is 4.65. The first-order valence-electron chi connectivity index (χ1n) is 8.01. The van der Waals surface area contributed by atoms with Crippen molar-refractivity contribution in [2.75, 3.05) is 14.2 Å². The van der Waals surface area contributed by atoms with Crippen LogP contribution >= 0.6 is 12.8 Å². The zero-order chi connectivity index (χ0) is 16.8. The van der Waals surface area contributed by atoms with Crippen LogP contribution in [0.5, 0.6) is 0 Å². The quantitative estimate of drug-likeness (QED) is 0.417. The molecule has 5 nitrogen and oxygen atoms in total. The summed E-state index contributed by atoms with van der Waals surface area (Å²) < 4.78 is 7.63. The van der Waals surface area contributed by atoms with Crippen LogP contribution in [0.15, 0.2) is 39.1 Å². The van der Waals surface area contributed by atoms with Gasteiger partial charge in [-0.3, -0.25) is 9.71 Å². The summed E-state index contributed by atoms with van der Waals surface area (Å²) in [6.07, 6.45) is 8.15. The van der Waals surface area contributed by atoms with Gasteiger partial charge >= 0.3 is 6.03 Å². The number of amides is 2. The molecule has 0 heterocycles. The van der Waals surface area contributed by atoms with E-state index in [0.29, 0.717) is 5.90 Å².